The van der Waals surface area contributed by atoms with Crippen LogP contribution in [0.4, 0.5) is 5.95 Å². The Bertz CT molecular complexity index is 942. The zero-order valence-corrected chi connectivity index (χ0v) is 14.2. The summed E-state index contributed by atoms with van der Waals surface area (Å²) in [5.41, 5.74) is 8.39. The Morgan fingerprint density at radius 2 is 2.04 bits per heavy atom. The van der Waals surface area contributed by atoms with E-state index in [1.54, 1.807) is 38.5 Å². The molecule has 8 nitrogen and oxygen atoms in total. The van der Waals surface area contributed by atoms with E-state index in [4.69, 9.17) is 10.5 Å². The minimum atomic E-state index is -0.0817. The van der Waals surface area contributed by atoms with E-state index in [2.05, 4.69) is 19.9 Å². The maximum absolute atomic E-state index is 12.2. The van der Waals surface area contributed by atoms with Crippen LogP contribution in [0.15, 0.2) is 30.5 Å². The summed E-state index contributed by atoms with van der Waals surface area (Å²) in [6.07, 6.45) is 1.59. The van der Waals surface area contributed by atoms with Crippen LogP contribution < -0.4 is 10.5 Å². The summed E-state index contributed by atoms with van der Waals surface area (Å²) < 4.78 is 5.49. The summed E-state index contributed by atoms with van der Waals surface area (Å²) >= 11 is 0. The van der Waals surface area contributed by atoms with E-state index >= 15 is 0 Å². The average Bonchev–Trinajstić information content (AvgIpc) is 2.61. The van der Waals surface area contributed by atoms with Crippen molar-refractivity contribution in [2.24, 2.45) is 0 Å². The van der Waals surface area contributed by atoms with Gasteiger partial charge in [-0.3, -0.25) is 4.79 Å². The predicted molar refractivity (Wildman–Crippen MR) is 94.2 cm³/mol. The van der Waals surface area contributed by atoms with Gasteiger partial charge in [-0.15, -0.1) is 0 Å². The molecule has 0 fully saturated rings. The van der Waals surface area contributed by atoms with Gasteiger partial charge >= 0.3 is 0 Å². The zero-order valence-electron chi connectivity index (χ0n) is 14.2. The van der Waals surface area contributed by atoms with Gasteiger partial charge in [-0.05, 0) is 19.1 Å². The summed E-state index contributed by atoms with van der Waals surface area (Å²) in [5.74, 6) is 0.290. The van der Waals surface area contributed by atoms with Crippen LogP contribution in [0.5, 0.6) is 5.88 Å². The number of fused-ring (bicyclic) bond motifs is 1. The number of nitrogens with two attached hydrogens (primary N) is 1. The van der Waals surface area contributed by atoms with Crippen LogP contribution in [0.1, 0.15) is 17.3 Å². The van der Waals surface area contributed by atoms with E-state index < -0.39 is 0 Å². The second-order valence-electron chi connectivity index (χ2n) is 5.53. The second kappa shape index (κ2) is 6.68. The molecule has 0 saturated carbocycles. The Kier molecular flexibility index (Phi) is 4.42. The Morgan fingerprint density at radius 3 is 2.76 bits per heavy atom. The normalized spacial score (nSPS) is 10.7. The van der Waals surface area contributed by atoms with Crippen molar-refractivity contribution >= 4 is 23.0 Å². The molecule has 0 bridgehead atoms. The first kappa shape index (κ1) is 16.6. The minimum absolute atomic E-state index is 0.0802. The molecule has 0 radical (unpaired) electrons. The standard InChI is InChI=1S/C17H18N6O2/c1-4-25-15-13-14(21-17(18)22-15)19-9-12(20-13)10-6-5-7-11(8-10)16(24)23(2)3/h5-9H,4H2,1-3H3,(H2,18,19,21,22). The highest BCUT2D eigenvalue weighted by atomic mass is 16.5. The highest BCUT2D eigenvalue weighted by Crippen LogP contribution is 2.25. The first-order valence-electron chi connectivity index (χ1n) is 7.74. The molecular formula is C17H18N6O2. The third kappa shape index (κ3) is 3.32. The van der Waals surface area contributed by atoms with Gasteiger partial charge in [0.2, 0.25) is 11.8 Å². The van der Waals surface area contributed by atoms with Crippen molar-refractivity contribution < 1.29 is 9.53 Å². The summed E-state index contributed by atoms with van der Waals surface area (Å²) in [7, 11) is 3.42. The smallest absolute Gasteiger partial charge is 0.253 e. The van der Waals surface area contributed by atoms with E-state index in [0.717, 1.165) is 5.56 Å². The molecule has 0 aliphatic rings. The fourth-order valence-corrected chi connectivity index (χ4v) is 2.34. The van der Waals surface area contributed by atoms with Gasteiger partial charge in [0.15, 0.2) is 11.2 Å². The van der Waals surface area contributed by atoms with Gasteiger partial charge in [-0.2, -0.15) is 9.97 Å². The number of hydrogen-bond donors (Lipinski definition) is 1. The fourth-order valence-electron chi connectivity index (χ4n) is 2.34. The SMILES string of the molecule is CCOc1nc(N)nc2ncc(-c3cccc(C(=O)N(C)C)c3)nc12. The van der Waals surface area contributed by atoms with Crippen LogP contribution >= 0.6 is 0 Å². The molecular weight excluding hydrogens is 320 g/mol. The lowest BCUT2D eigenvalue weighted by molar-refractivity contribution is 0.0827. The third-order valence-electron chi connectivity index (χ3n) is 3.48. The number of carbonyl (C=O) groups is 1. The number of nitrogens with zero attached hydrogens (tertiary/aromatic N) is 5. The summed E-state index contributed by atoms with van der Waals surface area (Å²) in [4.78, 5) is 30.7. The highest BCUT2D eigenvalue weighted by molar-refractivity contribution is 5.95. The van der Waals surface area contributed by atoms with Gasteiger partial charge in [0, 0.05) is 25.2 Å². The molecule has 0 aliphatic carbocycles. The van der Waals surface area contributed by atoms with Crippen LogP contribution in [0, 0.1) is 0 Å². The van der Waals surface area contributed by atoms with Crippen LogP contribution in [0.25, 0.3) is 22.4 Å². The number of benzene rings is 1. The molecule has 1 aromatic carbocycles. The number of ether oxygens (including phenoxy) is 1. The van der Waals surface area contributed by atoms with E-state index in [0.29, 0.717) is 34.9 Å². The third-order valence-corrected chi connectivity index (χ3v) is 3.48. The van der Waals surface area contributed by atoms with Crippen molar-refractivity contribution in [2.75, 3.05) is 26.4 Å². The van der Waals surface area contributed by atoms with Crippen molar-refractivity contribution in [3.05, 3.63) is 36.0 Å². The highest BCUT2D eigenvalue weighted by Gasteiger charge is 2.14. The molecule has 128 valence electrons. The monoisotopic (exact) mass is 338 g/mol. The lowest BCUT2D eigenvalue weighted by Crippen LogP contribution is -2.21. The number of nitrogen functional groups attached to an aromatic ring is 1. The number of hydrogen-bond acceptors (Lipinski definition) is 7. The van der Waals surface area contributed by atoms with Gasteiger partial charge in [0.05, 0.1) is 18.5 Å². The Morgan fingerprint density at radius 1 is 1.24 bits per heavy atom. The summed E-state index contributed by atoms with van der Waals surface area (Å²) in [6, 6.07) is 7.20. The van der Waals surface area contributed by atoms with Crippen molar-refractivity contribution in [1.29, 1.82) is 0 Å². The molecule has 3 aromatic rings. The molecule has 0 atom stereocenters. The Labute approximate surface area is 144 Å². The van der Waals surface area contributed by atoms with Crippen LogP contribution in [0.3, 0.4) is 0 Å². The quantitative estimate of drug-likeness (QED) is 0.772. The summed E-state index contributed by atoms with van der Waals surface area (Å²) in [5, 5.41) is 0. The number of aromatic nitrogens is 4. The maximum atomic E-state index is 12.2. The van der Waals surface area contributed by atoms with Gasteiger partial charge in [-0.1, -0.05) is 12.1 Å². The van der Waals surface area contributed by atoms with E-state index in [-0.39, 0.29) is 11.9 Å². The molecule has 2 aromatic heterocycles. The second-order valence-corrected chi connectivity index (χ2v) is 5.53. The predicted octanol–water partition coefficient (Wildman–Crippen LogP) is 1.77. The first-order valence-corrected chi connectivity index (χ1v) is 7.74. The number of amides is 1. The minimum Gasteiger partial charge on any atom is -0.476 e. The zero-order chi connectivity index (χ0) is 18.0. The van der Waals surface area contributed by atoms with Gasteiger partial charge in [0.25, 0.3) is 5.91 Å². The topological polar surface area (TPSA) is 107 Å². The molecule has 25 heavy (non-hydrogen) atoms. The Balaban J connectivity index is 2.10. The number of rotatable bonds is 4. The first-order chi connectivity index (χ1) is 12.0. The van der Waals surface area contributed by atoms with E-state index in [1.165, 1.54) is 4.90 Å². The van der Waals surface area contributed by atoms with Crippen LogP contribution in [0.2, 0.25) is 0 Å². The lowest BCUT2D eigenvalue weighted by atomic mass is 10.1. The Hall–Kier alpha value is -3.29. The fraction of sp³-hybridized carbons (Fsp3) is 0.235. The van der Waals surface area contributed by atoms with Crippen molar-refractivity contribution in [2.45, 2.75) is 6.92 Å². The molecule has 0 aliphatic heterocycles. The molecule has 8 heteroatoms. The largest absolute Gasteiger partial charge is 0.476 e. The van der Waals surface area contributed by atoms with E-state index in [1.807, 2.05) is 13.0 Å². The van der Waals surface area contributed by atoms with Gasteiger partial charge in [0.1, 0.15) is 0 Å². The van der Waals surface area contributed by atoms with E-state index in [9.17, 15) is 4.79 Å². The number of anilines is 1. The average molecular weight is 338 g/mol. The van der Waals surface area contributed by atoms with Gasteiger partial charge in [-0.25, -0.2) is 9.97 Å². The summed E-state index contributed by atoms with van der Waals surface area (Å²) in [6.45, 7) is 2.27. The van der Waals surface area contributed by atoms with Crippen molar-refractivity contribution in [3.8, 4) is 17.1 Å². The van der Waals surface area contributed by atoms with Crippen LogP contribution in [-0.4, -0.2) is 51.4 Å². The van der Waals surface area contributed by atoms with Crippen molar-refractivity contribution in [3.63, 3.8) is 0 Å². The maximum Gasteiger partial charge on any atom is 0.253 e. The molecule has 0 unspecified atom stereocenters. The molecule has 2 heterocycles. The molecule has 0 spiro atoms. The lowest BCUT2D eigenvalue weighted by Gasteiger charge is -2.11. The van der Waals surface area contributed by atoms with Crippen LogP contribution in [-0.2, 0) is 0 Å². The van der Waals surface area contributed by atoms with Crippen molar-refractivity contribution in [1.82, 2.24) is 24.8 Å². The molecule has 0 saturated heterocycles. The number of carbonyl (C=O) groups excluding carboxylic acids is 1. The molecule has 1 amide bonds. The van der Waals surface area contributed by atoms with Gasteiger partial charge < -0.3 is 15.4 Å². The molecule has 3 rings (SSSR count). The molecule has 2 N–H and O–H groups in total.